The minimum atomic E-state index is -0.722. The number of hydrogen-bond acceptors (Lipinski definition) is 14. The van der Waals surface area contributed by atoms with Gasteiger partial charge in [0.15, 0.2) is 5.82 Å². The molecule has 0 bridgehead atoms. The lowest BCUT2D eigenvalue weighted by atomic mass is 10.1. The van der Waals surface area contributed by atoms with Crippen LogP contribution in [0.3, 0.4) is 0 Å². The molecule has 0 saturated carbocycles. The van der Waals surface area contributed by atoms with Crippen molar-refractivity contribution >= 4 is 96.0 Å². The van der Waals surface area contributed by atoms with Crippen molar-refractivity contribution in [3.05, 3.63) is 81.5 Å². The van der Waals surface area contributed by atoms with Crippen molar-refractivity contribution in [3.63, 3.8) is 0 Å². The van der Waals surface area contributed by atoms with E-state index in [-0.39, 0.29) is 28.8 Å². The summed E-state index contributed by atoms with van der Waals surface area (Å²) < 4.78 is 16.8. The molecule has 2 amide bonds. The lowest BCUT2D eigenvalue weighted by Gasteiger charge is -2.18. The van der Waals surface area contributed by atoms with Crippen molar-refractivity contribution < 1.29 is 38.2 Å². The zero-order valence-corrected chi connectivity index (χ0v) is 32.7. The topological polar surface area (TPSA) is 236 Å². The number of amides is 2. The molecule has 0 spiro atoms. The molecule has 0 aliphatic rings. The van der Waals surface area contributed by atoms with E-state index in [0.717, 1.165) is 16.0 Å². The molecule has 0 fully saturated rings. The molecule has 0 aliphatic carbocycles. The smallest absolute Gasteiger partial charge is 0.436 e. The van der Waals surface area contributed by atoms with Gasteiger partial charge in [0.1, 0.15) is 36.4 Å². The predicted molar refractivity (Wildman–Crippen MR) is 212 cm³/mol. The van der Waals surface area contributed by atoms with Crippen molar-refractivity contribution in [2.75, 3.05) is 28.7 Å². The Labute approximate surface area is 323 Å². The average molecular weight is 789 g/mol. The van der Waals surface area contributed by atoms with Crippen molar-refractivity contribution in [1.29, 1.82) is 0 Å². The van der Waals surface area contributed by atoms with Gasteiger partial charge in [-0.2, -0.15) is 9.78 Å². The van der Waals surface area contributed by atoms with E-state index < -0.39 is 35.1 Å². The number of fused-ring (bicyclic) bond motifs is 2. The second-order valence-electron chi connectivity index (χ2n) is 13.8. The number of carbonyl (C=O) groups is 5. The Morgan fingerprint density at radius 2 is 1.27 bits per heavy atom. The Morgan fingerprint density at radius 1 is 0.764 bits per heavy atom. The van der Waals surface area contributed by atoms with Crippen LogP contribution in [0, 0.1) is 0 Å². The molecule has 55 heavy (non-hydrogen) atoms. The number of anilines is 4. The maximum Gasteiger partial charge on any atom is 0.436 e. The predicted octanol–water partition coefficient (Wildman–Crippen LogP) is 7.31. The summed E-state index contributed by atoms with van der Waals surface area (Å²) in [5, 5.41) is 17.5. The van der Waals surface area contributed by atoms with Gasteiger partial charge in [0.2, 0.25) is 0 Å². The monoisotopic (exact) mass is 788 g/mol. The van der Waals surface area contributed by atoms with Gasteiger partial charge in [0.05, 0.1) is 28.5 Å². The Bertz CT molecular complexity index is 2410. The van der Waals surface area contributed by atoms with Crippen LogP contribution in [0.25, 0.3) is 20.4 Å². The number of ether oxygens (including phenoxy) is 3. The highest BCUT2D eigenvalue weighted by molar-refractivity contribution is 7.21. The fourth-order valence-electron chi connectivity index (χ4n) is 4.84. The largest absolute Gasteiger partial charge is 0.456 e. The molecule has 4 heterocycles. The number of nitrogens with zero attached hydrogens (tertiary/aromatic N) is 3. The summed E-state index contributed by atoms with van der Waals surface area (Å²) in [6, 6.07) is 16.5. The minimum absolute atomic E-state index is 0.109. The van der Waals surface area contributed by atoms with E-state index in [1.165, 1.54) is 17.4 Å². The second-order valence-corrected chi connectivity index (χ2v) is 15.9. The molecule has 0 aliphatic heterocycles. The van der Waals surface area contributed by atoms with Gasteiger partial charge in [-0.05, 0) is 84.9 Å². The van der Waals surface area contributed by atoms with Gasteiger partial charge < -0.3 is 36.3 Å². The quantitative estimate of drug-likeness (QED) is 0.0609. The molecule has 7 N–H and O–H groups in total. The molecule has 0 radical (unpaired) electrons. The Morgan fingerprint density at radius 3 is 1.80 bits per heavy atom. The van der Waals surface area contributed by atoms with Crippen LogP contribution in [0.4, 0.5) is 27.8 Å². The van der Waals surface area contributed by atoms with Gasteiger partial charge in [-0.15, -0.1) is 27.8 Å². The van der Waals surface area contributed by atoms with E-state index in [0.29, 0.717) is 48.1 Å². The molecule has 0 atom stereocenters. The summed E-state index contributed by atoms with van der Waals surface area (Å²) in [6.45, 7) is 12.5. The first-order valence-electron chi connectivity index (χ1n) is 16.8. The summed E-state index contributed by atoms with van der Waals surface area (Å²) >= 11 is 2.22. The highest BCUT2D eigenvalue weighted by atomic mass is 32.1. The number of thiophene rings is 2. The van der Waals surface area contributed by atoms with Gasteiger partial charge in [0, 0.05) is 11.4 Å². The number of aromatic amines is 1. The van der Waals surface area contributed by atoms with Crippen molar-refractivity contribution in [3.8, 4) is 0 Å². The highest BCUT2D eigenvalue weighted by Gasteiger charge is 2.27. The van der Waals surface area contributed by atoms with Crippen molar-refractivity contribution in [2.45, 2.75) is 59.7 Å². The highest BCUT2D eigenvalue weighted by Crippen LogP contribution is 2.34. The zero-order chi connectivity index (χ0) is 40.2. The molecule has 6 aromatic rings. The van der Waals surface area contributed by atoms with Gasteiger partial charge in [-0.3, -0.25) is 14.7 Å². The zero-order valence-electron chi connectivity index (χ0n) is 31.1. The molecule has 18 heteroatoms. The summed E-state index contributed by atoms with van der Waals surface area (Å²) in [6.07, 6.45) is -0.722. The SMILES string of the molecule is CC(C)(C)OC(=O)c1cc2c(NC(=O)c3ccccc3N)[nH]nc2s1.CCOC(=O)n1nc(NC(=O)c2ccccc2N)c2cc(C(=O)OC(C)(C)C)sc21. The maximum absolute atomic E-state index is 12.7. The van der Waals surface area contributed by atoms with Crippen LogP contribution in [0.15, 0.2) is 60.7 Å². The molecule has 4 aromatic heterocycles. The third-order valence-corrected chi connectivity index (χ3v) is 9.23. The van der Waals surface area contributed by atoms with Crippen LogP contribution < -0.4 is 22.1 Å². The van der Waals surface area contributed by atoms with E-state index in [4.69, 9.17) is 25.7 Å². The number of aromatic nitrogens is 4. The first-order chi connectivity index (χ1) is 25.8. The van der Waals surface area contributed by atoms with Gasteiger partial charge >= 0.3 is 18.0 Å². The van der Waals surface area contributed by atoms with E-state index in [9.17, 15) is 24.0 Å². The van der Waals surface area contributed by atoms with Crippen LogP contribution in [0.5, 0.6) is 0 Å². The van der Waals surface area contributed by atoms with Crippen LogP contribution in [0.1, 0.15) is 88.5 Å². The average Bonchev–Trinajstić information content (AvgIpc) is 3.87. The number of esters is 2. The molecule has 16 nitrogen and oxygen atoms in total. The van der Waals surface area contributed by atoms with Gasteiger partial charge in [0.25, 0.3) is 11.8 Å². The normalized spacial score (nSPS) is 11.4. The minimum Gasteiger partial charge on any atom is -0.456 e. The van der Waals surface area contributed by atoms with E-state index in [1.807, 2.05) is 0 Å². The lowest BCUT2D eigenvalue weighted by Crippen LogP contribution is -2.23. The Balaban J connectivity index is 0.000000214. The first-order valence-corrected chi connectivity index (χ1v) is 18.4. The molecule has 2 aromatic carbocycles. The third-order valence-electron chi connectivity index (χ3n) is 7.13. The number of benzene rings is 2. The standard InChI is InChI=1S/C20H22N4O5S.C17H18N4O3S/c1-5-28-19(27)24-17-12(10-14(30-17)18(26)29-20(2,3)4)15(23-24)22-16(25)11-8-6-7-9-13(11)21;1-17(2,3)24-16(23)12-8-10-13(20-21-15(10)25-12)19-14(22)9-6-4-5-7-11(9)18/h6-10H,5,21H2,1-4H3,(H,22,23,25);4-8H,18H2,1-3H3,(H2,19,20,21,22). The molecule has 0 saturated heterocycles. The molecule has 288 valence electrons. The number of nitrogens with one attached hydrogen (secondary N) is 3. The van der Waals surface area contributed by atoms with Crippen LogP contribution >= 0.6 is 22.7 Å². The molecular formula is C37H40N8O8S2. The number of nitrogen functional groups attached to an aromatic ring is 2. The first kappa shape index (κ1) is 39.9. The molecular weight excluding hydrogens is 749 g/mol. The molecule has 6 rings (SSSR count). The van der Waals surface area contributed by atoms with Crippen molar-refractivity contribution in [1.82, 2.24) is 20.0 Å². The van der Waals surface area contributed by atoms with Crippen LogP contribution in [0.2, 0.25) is 0 Å². The number of rotatable bonds is 7. The fraction of sp³-hybridized carbons (Fsp3) is 0.270. The van der Waals surface area contributed by atoms with E-state index in [2.05, 4.69) is 25.9 Å². The fourth-order valence-corrected chi connectivity index (χ4v) is 6.69. The lowest BCUT2D eigenvalue weighted by molar-refractivity contribution is 0.00627. The summed E-state index contributed by atoms with van der Waals surface area (Å²) in [4.78, 5) is 63.7. The summed E-state index contributed by atoms with van der Waals surface area (Å²) in [5.41, 5.74) is 11.7. The Hall–Kier alpha value is -6.27. The Kier molecular flexibility index (Phi) is 11.6. The maximum atomic E-state index is 12.7. The van der Waals surface area contributed by atoms with E-state index >= 15 is 0 Å². The third kappa shape index (κ3) is 9.64. The number of carbonyl (C=O) groups excluding carboxylic acids is 5. The number of hydrogen-bond donors (Lipinski definition) is 5. The number of H-pyrrole nitrogens is 1. The number of nitrogens with two attached hydrogens (primary N) is 2. The number of para-hydroxylation sites is 2. The van der Waals surface area contributed by atoms with Crippen molar-refractivity contribution in [2.24, 2.45) is 0 Å². The summed E-state index contributed by atoms with van der Waals surface area (Å²) in [5.74, 6) is -1.28. The van der Waals surface area contributed by atoms with Gasteiger partial charge in [-0.1, -0.05) is 24.3 Å². The second kappa shape index (κ2) is 16.0. The van der Waals surface area contributed by atoms with Crippen LogP contribution in [-0.2, 0) is 14.2 Å². The van der Waals surface area contributed by atoms with Crippen LogP contribution in [-0.4, -0.2) is 67.6 Å². The van der Waals surface area contributed by atoms with E-state index in [1.54, 1.807) is 103 Å². The summed E-state index contributed by atoms with van der Waals surface area (Å²) in [7, 11) is 0. The molecule has 0 unspecified atom stereocenters. The van der Waals surface area contributed by atoms with Gasteiger partial charge in [-0.25, -0.2) is 14.4 Å².